The largest absolute Gasteiger partial charge is 0.342 e. The van der Waals surface area contributed by atoms with Gasteiger partial charge < -0.3 is 5.32 Å². The van der Waals surface area contributed by atoms with Crippen LogP contribution < -0.4 is 5.32 Å². The van der Waals surface area contributed by atoms with Gasteiger partial charge in [-0.1, -0.05) is 109 Å². The summed E-state index contributed by atoms with van der Waals surface area (Å²) in [6, 6.07) is 39.1. The Morgan fingerprint density at radius 2 is 1.44 bits per heavy atom. The van der Waals surface area contributed by atoms with Crippen molar-refractivity contribution in [3.05, 3.63) is 160 Å². The molecule has 1 N–H and O–H groups in total. The summed E-state index contributed by atoms with van der Waals surface area (Å²) in [5.41, 5.74) is 3.36. The Balaban J connectivity index is 1.42. The molecule has 6 aromatic rings. The van der Waals surface area contributed by atoms with Gasteiger partial charge in [0.1, 0.15) is 0 Å². The number of aromatic nitrogens is 3. The molecule has 0 aliphatic heterocycles. The van der Waals surface area contributed by atoms with E-state index >= 15 is 0 Å². The number of carbonyl (C=O) groups is 1. The number of hydrogen-bond donors (Lipinski definition) is 1. The van der Waals surface area contributed by atoms with E-state index in [2.05, 4.69) is 15.5 Å². The first kappa shape index (κ1) is 27.9. The molecule has 5 aromatic carbocycles. The van der Waals surface area contributed by atoms with Crippen molar-refractivity contribution < 1.29 is 9.72 Å². The van der Waals surface area contributed by atoms with E-state index in [-0.39, 0.29) is 11.6 Å². The van der Waals surface area contributed by atoms with Crippen LogP contribution in [0.3, 0.4) is 0 Å². The van der Waals surface area contributed by atoms with Gasteiger partial charge in [0.05, 0.1) is 11.0 Å². The number of fused-ring (bicyclic) bond motifs is 1. The van der Waals surface area contributed by atoms with E-state index in [1.807, 2.05) is 108 Å². The number of nitro groups is 1. The van der Waals surface area contributed by atoms with Gasteiger partial charge in [0.25, 0.3) is 11.6 Å². The third-order valence-corrected chi connectivity index (χ3v) is 8.12. The van der Waals surface area contributed by atoms with Crippen LogP contribution in [-0.2, 0) is 12.2 Å². The number of rotatable bonds is 10. The van der Waals surface area contributed by atoms with Gasteiger partial charge in [-0.25, -0.2) is 0 Å². The van der Waals surface area contributed by atoms with E-state index in [1.54, 1.807) is 12.1 Å². The molecule has 9 heteroatoms. The van der Waals surface area contributed by atoms with Gasteiger partial charge >= 0.3 is 0 Å². The minimum Gasteiger partial charge on any atom is -0.342 e. The fourth-order valence-corrected chi connectivity index (χ4v) is 5.92. The lowest BCUT2D eigenvalue weighted by Crippen LogP contribution is -2.32. The van der Waals surface area contributed by atoms with E-state index in [0.717, 1.165) is 21.9 Å². The minimum absolute atomic E-state index is 0.0121. The van der Waals surface area contributed by atoms with Gasteiger partial charge in [0, 0.05) is 29.1 Å². The Hall–Kier alpha value is -5.28. The lowest BCUT2D eigenvalue weighted by Gasteiger charge is -2.21. The van der Waals surface area contributed by atoms with Crippen molar-refractivity contribution in [1.29, 1.82) is 0 Å². The molecule has 1 unspecified atom stereocenters. The van der Waals surface area contributed by atoms with Crippen molar-refractivity contribution in [3.63, 3.8) is 0 Å². The molecule has 8 nitrogen and oxygen atoms in total. The van der Waals surface area contributed by atoms with Crippen LogP contribution in [-0.4, -0.2) is 25.6 Å². The smallest absolute Gasteiger partial charge is 0.269 e. The quantitative estimate of drug-likeness (QED) is 0.103. The molecule has 1 amide bonds. The van der Waals surface area contributed by atoms with E-state index in [4.69, 9.17) is 0 Å². The molecule has 0 fully saturated rings. The highest BCUT2D eigenvalue weighted by molar-refractivity contribution is 7.98. The number of non-ortho nitro benzene ring substituents is 1. The van der Waals surface area contributed by atoms with Crippen molar-refractivity contribution in [3.8, 4) is 5.69 Å². The molecule has 0 aliphatic carbocycles. The Kier molecular flexibility index (Phi) is 8.24. The van der Waals surface area contributed by atoms with Crippen LogP contribution in [0.2, 0.25) is 0 Å². The van der Waals surface area contributed by atoms with Crippen molar-refractivity contribution in [2.75, 3.05) is 0 Å². The zero-order valence-electron chi connectivity index (χ0n) is 23.0. The summed E-state index contributed by atoms with van der Waals surface area (Å²) in [7, 11) is 0. The number of nitro benzene ring substituents is 1. The lowest BCUT2D eigenvalue weighted by molar-refractivity contribution is -0.384. The summed E-state index contributed by atoms with van der Waals surface area (Å²) < 4.78 is 1.88. The fourth-order valence-electron chi connectivity index (χ4n) is 5.00. The standard InChI is InChI=1S/C34H27N5O3S/c40-33(30-17-9-15-26-14-7-8-16-29(26)30)35-31(22-24-10-3-1-4-11-24)32-36-37-34(43-23-25-12-5-2-6-13-25)38(32)27-18-20-28(21-19-27)39(41)42/h1-21,31H,22-23H2,(H,35,40). The molecule has 0 spiro atoms. The fraction of sp³-hybridized carbons (Fsp3) is 0.0882. The number of carbonyl (C=O) groups excluding carboxylic acids is 1. The summed E-state index contributed by atoms with van der Waals surface area (Å²) in [6.07, 6.45) is 0.464. The predicted molar refractivity (Wildman–Crippen MR) is 168 cm³/mol. The number of amides is 1. The zero-order valence-corrected chi connectivity index (χ0v) is 23.9. The average Bonchev–Trinajstić information content (AvgIpc) is 3.48. The van der Waals surface area contributed by atoms with Gasteiger partial charge in [0.15, 0.2) is 11.0 Å². The molecule has 0 saturated heterocycles. The monoisotopic (exact) mass is 585 g/mol. The molecule has 1 atom stereocenters. The van der Waals surface area contributed by atoms with Gasteiger partial charge in [-0.2, -0.15) is 0 Å². The second-order valence-electron chi connectivity index (χ2n) is 9.97. The van der Waals surface area contributed by atoms with E-state index in [1.165, 1.54) is 23.9 Å². The van der Waals surface area contributed by atoms with Gasteiger partial charge in [0.2, 0.25) is 0 Å². The van der Waals surface area contributed by atoms with Gasteiger partial charge in [-0.3, -0.25) is 19.5 Å². The Morgan fingerprint density at radius 1 is 0.791 bits per heavy atom. The first-order chi connectivity index (χ1) is 21.1. The van der Waals surface area contributed by atoms with Crippen molar-refractivity contribution in [2.24, 2.45) is 0 Å². The van der Waals surface area contributed by atoms with Crippen LogP contribution in [0.1, 0.15) is 33.4 Å². The number of thioether (sulfide) groups is 1. The van der Waals surface area contributed by atoms with Crippen LogP contribution in [0.15, 0.2) is 133 Å². The van der Waals surface area contributed by atoms with Crippen LogP contribution >= 0.6 is 11.8 Å². The molecule has 212 valence electrons. The first-order valence-electron chi connectivity index (χ1n) is 13.8. The van der Waals surface area contributed by atoms with Crippen LogP contribution in [0.5, 0.6) is 0 Å². The van der Waals surface area contributed by atoms with Gasteiger partial charge in [-0.15, -0.1) is 10.2 Å². The highest BCUT2D eigenvalue weighted by atomic mass is 32.2. The lowest BCUT2D eigenvalue weighted by atomic mass is 10.0. The second kappa shape index (κ2) is 12.7. The van der Waals surface area contributed by atoms with Crippen molar-refractivity contribution in [2.45, 2.75) is 23.4 Å². The zero-order chi connectivity index (χ0) is 29.6. The van der Waals surface area contributed by atoms with Crippen molar-refractivity contribution in [1.82, 2.24) is 20.1 Å². The van der Waals surface area contributed by atoms with Crippen molar-refractivity contribution >= 4 is 34.1 Å². The SMILES string of the molecule is O=C(NC(Cc1ccccc1)c1nnc(SCc2ccccc2)n1-c1ccc([N+](=O)[O-])cc1)c1cccc2ccccc12. The summed E-state index contributed by atoms with van der Waals surface area (Å²) in [6.45, 7) is 0. The third kappa shape index (κ3) is 6.32. The van der Waals surface area contributed by atoms with Crippen LogP contribution in [0, 0.1) is 10.1 Å². The maximum Gasteiger partial charge on any atom is 0.269 e. The Morgan fingerprint density at radius 3 is 2.16 bits per heavy atom. The number of nitrogens with zero attached hydrogens (tertiary/aromatic N) is 4. The number of hydrogen-bond acceptors (Lipinski definition) is 6. The van der Waals surface area contributed by atoms with E-state index in [0.29, 0.717) is 34.4 Å². The van der Waals surface area contributed by atoms with E-state index in [9.17, 15) is 14.9 Å². The topological polar surface area (TPSA) is 103 Å². The molecule has 0 saturated carbocycles. The molecule has 0 aliphatic rings. The Bertz CT molecular complexity index is 1870. The highest BCUT2D eigenvalue weighted by Gasteiger charge is 2.26. The molecule has 1 aromatic heterocycles. The first-order valence-corrected chi connectivity index (χ1v) is 14.7. The molecule has 0 radical (unpaired) electrons. The number of benzene rings is 5. The minimum atomic E-state index is -0.553. The predicted octanol–water partition coefficient (Wildman–Crippen LogP) is 7.33. The molecule has 43 heavy (non-hydrogen) atoms. The van der Waals surface area contributed by atoms with E-state index < -0.39 is 11.0 Å². The summed E-state index contributed by atoms with van der Waals surface area (Å²) >= 11 is 1.51. The molecular formula is C34H27N5O3S. The molecule has 6 rings (SSSR count). The second-order valence-corrected chi connectivity index (χ2v) is 10.9. The maximum absolute atomic E-state index is 13.9. The average molecular weight is 586 g/mol. The highest BCUT2D eigenvalue weighted by Crippen LogP contribution is 2.30. The van der Waals surface area contributed by atoms with Crippen LogP contribution in [0.4, 0.5) is 5.69 Å². The summed E-state index contributed by atoms with van der Waals surface area (Å²) in [5.74, 6) is 0.953. The summed E-state index contributed by atoms with van der Waals surface area (Å²) in [5, 5.41) is 26.2. The normalized spacial score (nSPS) is 11.7. The molecular weight excluding hydrogens is 558 g/mol. The third-order valence-electron chi connectivity index (χ3n) is 7.12. The molecule has 0 bridgehead atoms. The maximum atomic E-state index is 13.9. The van der Waals surface area contributed by atoms with Crippen LogP contribution in [0.25, 0.3) is 16.5 Å². The molecule has 1 heterocycles. The Labute approximate surface area is 252 Å². The summed E-state index contributed by atoms with van der Waals surface area (Å²) in [4.78, 5) is 24.8. The van der Waals surface area contributed by atoms with Gasteiger partial charge in [-0.05, 0) is 46.5 Å². The number of nitrogens with one attached hydrogen (secondary N) is 1.